The highest BCUT2D eigenvalue weighted by Gasteiger charge is 2.30. The van der Waals surface area contributed by atoms with Crippen LogP contribution in [-0.4, -0.2) is 43.2 Å². The van der Waals surface area contributed by atoms with E-state index in [1.807, 2.05) is 50.1 Å². The Bertz CT molecular complexity index is 443. The van der Waals surface area contributed by atoms with Crippen LogP contribution in [0.4, 0.5) is 5.69 Å². The topological polar surface area (TPSA) is 41.6 Å². The molecule has 18 heavy (non-hydrogen) atoms. The molecule has 0 atom stereocenters. The van der Waals surface area contributed by atoms with Crippen LogP contribution in [0.5, 0.6) is 0 Å². The highest BCUT2D eigenvalue weighted by molar-refractivity contribution is 5.99. The molecule has 1 heterocycles. The normalized spacial score (nSPS) is 18.5. The van der Waals surface area contributed by atoms with E-state index < -0.39 is 0 Å². The Hall–Kier alpha value is -1.55. The molecule has 1 aliphatic rings. The number of carbonyl (C=O) groups is 1. The molecule has 0 spiro atoms. The molecule has 1 saturated heterocycles. The van der Waals surface area contributed by atoms with Gasteiger partial charge in [-0.2, -0.15) is 0 Å². The number of benzene rings is 1. The smallest absolute Gasteiger partial charge is 0.256 e. The second kappa shape index (κ2) is 4.98. The van der Waals surface area contributed by atoms with Crippen LogP contribution >= 0.6 is 0 Å². The van der Waals surface area contributed by atoms with Gasteiger partial charge in [-0.3, -0.25) is 4.79 Å². The predicted molar refractivity (Wildman–Crippen MR) is 71.9 cm³/mol. The Labute approximate surface area is 108 Å². The maximum absolute atomic E-state index is 12.5. The third-order valence-electron chi connectivity index (χ3n) is 3.14. The van der Waals surface area contributed by atoms with Gasteiger partial charge in [0.1, 0.15) is 0 Å². The van der Waals surface area contributed by atoms with Gasteiger partial charge in [-0.25, -0.2) is 0 Å². The number of ether oxygens (including phenoxy) is 1. The van der Waals surface area contributed by atoms with Crippen molar-refractivity contribution in [3.05, 3.63) is 29.8 Å². The summed E-state index contributed by atoms with van der Waals surface area (Å²) >= 11 is 0. The Morgan fingerprint density at radius 2 is 2.11 bits per heavy atom. The van der Waals surface area contributed by atoms with Crippen molar-refractivity contribution in [3.8, 4) is 0 Å². The number of nitrogens with one attached hydrogen (secondary N) is 1. The molecule has 98 valence electrons. The molecular weight excluding hydrogens is 228 g/mol. The van der Waals surface area contributed by atoms with Crippen molar-refractivity contribution in [2.75, 3.05) is 32.1 Å². The number of hydrogen-bond acceptors (Lipinski definition) is 3. The van der Waals surface area contributed by atoms with Crippen LogP contribution in [0.15, 0.2) is 24.3 Å². The van der Waals surface area contributed by atoms with Gasteiger partial charge in [-0.05, 0) is 26.0 Å². The molecule has 0 unspecified atom stereocenters. The first-order valence-corrected chi connectivity index (χ1v) is 6.23. The average Bonchev–Trinajstić information content (AvgIpc) is 2.36. The lowest BCUT2D eigenvalue weighted by Crippen LogP contribution is -2.50. The van der Waals surface area contributed by atoms with Crippen LogP contribution in [0.25, 0.3) is 0 Å². The van der Waals surface area contributed by atoms with Crippen molar-refractivity contribution in [1.29, 1.82) is 0 Å². The van der Waals surface area contributed by atoms with Crippen molar-refractivity contribution in [1.82, 2.24) is 4.90 Å². The molecule has 2 rings (SSSR count). The first-order valence-electron chi connectivity index (χ1n) is 6.23. The number of para-hydroxylation sites is 1. The lowest BCUT2D eigenvalue weighted by Gasteiger charge is -2.38. The fraction of sp³-hybridized carbons (Fsp3) is 0.500. The van der Waals surface area contributed by atoms with Crippen LogP contribution in [0.3, 0.4) is 0 Å². The number of rotatable bonds is 2. The highest BCUT2D eigenvalue weighted by atomic mass is 16.5. The van der Waals surface area contributed by atoms with Crippen molar-refractivity contribution in [2.24, 2.45) is 0 Å². The molecule has 0 bridgehead atoms. The molecule has 1 aromatic rings. The van der Waals surface area contributed by atoms with Crippen LogP contribution in [-0.2, 0) is 4.74 Å². The lowest BCUT2D eigenvalue weighted by atomic mass is 10.1. The van der Waals surface area contributed by atoms with E-state index in [4.69, 9.17) is 4.74 Å². The van der Waals surface area contributed by atoms with Crippen molar-refractivity contribution >= 4 is 11.6 Å². The van der Waals surface area contributed by atoms with Gasteiger partial charge in [0.05, 0.1) is 17.8 Å². The zero-order valence-corrected chi connectivity index (χ0v) is 11.2. The van der Waals surface area contributed by atoms with Crippen molar-refractivity contribution in [3.63, 3.8) is 0 Å². The van der Waals surface area contributed by atoms with Crippen LogP contribution < -0.4 is 5.32 Å². The number of nitrogens with zero attached hydrogens (tertiary/aromatic N) is 1. The average molecular weight is 248 g/mol. The molecule has 0 radical (unpaired) electrons. The van der Waals surface area contributed by atoms with Crippen molar-refractivity contribution < 1.29 is 9.53 Å². The molecule has 4 heteroatoms. The number of amides is 1. The summed E-state index contributed by atoms with van der Waals surface area (Å²) in [5.74, 6) is 0.0660. The summed E-state index contributed by atoms with van der Waals surface area (Å²) < 4.78 is 5.63. The van der Waals surface area contributed by atoms with E-state index in [0.29, 0.717) is 19.7 Å². The first-order chi connectivity index (χ1) is 8.53. The molecule has 4 nitrogen and oxygen atoms in total. The van der Waals surface area contributed by atoms with Gasteiger partial charge >= 0.3 is 0 Å². The summed E-state index contributed by atoms with van der Waals surface area (Å²) in [5, 5.41) is 3.06. The minimum atomic E-state index is -0.261. The number of morpholine rings is 1. The summed E-state index contributed by atoms with van der Waals surface area (Å²) in [7, 11) is 1.83. The summed E-state index contributed by atoms with van der Waals surface area (Å²) in [5.41, 5.74) is 1.33. The van der Waals surface area contributed by atoms with E-state index in [9.17, 15) is 4.79 Å². The van der Waals surface area contributed by atoms with Gasteiger partial charge in [-0.15, -0.1) is 0 Å². The quantitative estimate of drug-likeness (QED) is 0.870. The SMILES string of the molecule is CNc1ccccc1C(=O)N1CCOC(C)(C)C1. The van der Waals surface area contributed by atoms with E-state index in [1.165, 1.54) is 0 Å². The number of carbonyl (C=O) groups excluding carboxylic acids is 1. The van der Waals surface area contributed by atoms with E-state index in [2.05, 4.69) is 5.32 Å². The molecule has 1 fully saturated rings. The monoisotopic (exact) mass is 248 g/mol. The van der Waals surface area contributed by atoms with E-state index in [1.54, 1.807) is 0 Å². The van der Waals surface area contributed by atoms with Gasteiger partial charge in [0.25, 0.3) is 5.91 Å². The third kappa shape index (κ3) is 2.64. The van der Waals surface area contributed by atoms with Crippen LogP contribution in [0, 0.1) is 0 Å². The largest absolute Gasteiger partial charge is 0.387 e. The van der Waals surface area contributed by atoms with Crippen LogP contribution in [0.1, 0.15) is 24.2 Å². The highest BCUT2D eigenvalue weighted by Crippen LogP contribution is 2.21. The molecule has 1 amide bonds. The fourth-order valence-corrected chi connectivity index (χ4v) is 2.25. The van der Waals surface area contributed by atoms with E-state index >= 15 is 0 Å². The molecule has 0 saturated carbocycles. The van der Waals surface area contributed by atoms with Crippen molar-refractivity contribution in [2.45, 2.75) is 19.4 Å². The number of hydrogen-bond donors (Lipinski definition) is 1. The Morgan fingerprint density at radius 1 is 1.39 bits per heavy atom. The van der Waals surface area contributed by atoms with Gasteiger partial charge in [0.2, 0.25) is 0 Å². The summed E-state index contributed by atoms with van der Waals surface area (Å²) in [6.07, 6.45) is 0. The maximum Gasteiger partial charge on any atom is 0.256 e. The lowest BCUT2D eigenvalue weighted by molar-refractivity contribution is -0.0763. The molecule has 0 aromatic heterocycles. The maximum atomic E-state index is 12.5. The number of anilines is 1. The molecular formula is C14H20N2O2. The van der Waals surface area contributed by atoms with Gasteiger partial charge in [0, 0.05) is 25.8 Å². The Kier molecular flexibility index (Phi) is 3.57. The second-order valence-corrected chi connectivity index (χ2v) is 5.13. The Balaban J connectivity index is 2.20. The summed E-state index contributed by atoms with van der Waals surface area (Å²) in [6, 6.07) is 7.58. The zero-order chi connectivity index (χ0) is 13.2. The molecule has 0 aliphatic carbocycles. The predicted octanol–water partition coefficient (Wildman–Crippen LogP) is 1.98. The fourth-order valence-electron chi connectivity index (χ4n) is 2.25. The van der Waals surface area contributed by atoms with E-state index in [0.717, 1.165) is 11.3 Å². The van der Waals surface area contributed by atoms with Gasteiger partial charge in [-0.1, -0.05) is 12.1 Å². The van der Waals surface area contributed by atoms with Gasteiger partial charge < -0.3 is 15.0 Å². The Morgan fingerprint density at radius 3 is 2.78 bits per heavy atom. The standard InChI is InChI=1S/C14H20N2O2/c1-14(2)10-16(8-9-18-14)13(17)11-6-4-5-7-12(11)15-3/h4-7,15H,8-10H2,1-3H3. The minimum absolute atomic E-state index is 0.0660. The molecule has 1 aromatic carbocycles. The van der Waals surface area contributed by atoms with E-state index in [-0.39, 0.29) is 11.5 Å². The van der Waals surface area contributed by atoms with Gasteiger partial charge in [0.15, 0.2) is 0 Å². The van der Waals surface area contributed by atoms with Crippen LogP contribution in [0.2, 0.25) is 0 Å². The second-order valence-electron chi connectivity index (χ2n) is 5.13. The molecule has 1 N–H and O–H groups in total. The molecule has 1 aliphatic heterocycles. The minimum Gasteiger partial charge on any atom is -0.387 e. The summed E-state index contributed by atoms with van der Waals surface area (Å²) in [4.78, 5) is 14.4. The zero-order valence-electron chi connectivity index (χ0n) is 11.2. The summed E-state index contributed by atoms with van der Waals surface area (Å²) in [6.45, 7) is 5.90. The first kappa shape index (κ1) is 12.9. The third-order valence-corrected chi connectivity index (χ3v) is 3.14.